The Labute approximate surface area is 96.7 Å². The summed E-state index contributed by atoms with van der Waals surface area (Å²) in [6, 6.07) is 0. The molecule has 0 aliphatic heterocycles. The number of hydrogen-bond donors (Lipinski definition) is 6. The van der Waals surface area contributed by atoms with E-state index in [-0.39, 0.29) is 0 Å². The number of rotatable bonds is 3. The molecular formula is C8H15O8P. The van der Waals surface area contributed by atoms with Gasteiger partial charge in [0.2, 0.25) is 0 Å². The molecule has 0 unspecified atom stereocenters. The third-order valence-electron chi connectivity index (χ3n) is 2.89. The van der Waals surface area contributed by atoms with E-state index in [4.69, 9.17) is 14.9 Å². The van der Waals surface area contributed by atoms with Crippen LogP contribution in [-0.2, 0) is 9.36 Å². The Kier molecular flexibility index (Phi) is 3.97. The lowest BCUT2D eigenvalue weighted by molar-refractivity contribution is -0.177. The summed E-state index contributed by atoms with van der Waals surface area (Å²) in [5.41, 5.74) is -2.27. The maximum Gasteiger partial charge on any atom is 0.335 e. The van der Waals surface area contributed by atoms with Crippen molar-refractivity contribution >= 4 is 13.6 Å². The minimum absolute atomic E-state index is 0.508. The van der Waals surface area contributed by atoms with Gasteiger partial charge < -0.3 is 30.2 Å². The lowest BCUT2D eigenvalue weighted by Crippen LogP contribution is -2.54. The molecule has 0 aromatic heterocycles. The van der Waals surface area contributed by atoms with Gasteiger partial charge in [-0.2, -0.15) is 0 Å². The summed E-state index contributed by atoms with van der Waals surface area (Å²) in [7, 11) is -4.46. The first-order chi connectivity index (χ1) is 7.55. The van der Waals surface area contributed by atoms with E-state index >= 15 is 0 Å². The van der Waals surface area contributed by atoms with Crippen molar-refractivity contribution < 1.29 is 39.6 Å². The van der Waals surface area contributed by atoms with Crippen LogP contribution in [-0.4, -0.2) is 60.2 Å². The summed E-state index contributed by atoms with van der Waals surface area (Å²) in [6.07, 6.45) is -4.84. The van der Waals surface area contributed by atoms with Gasteiger partial charge in [-0.15, -0.1) is 0 Å². The lowest BCUT2D eigenvalue weighted by atomic mass is 9.75. The quantitative estimate of drug-likeness (QED) is 0.325. The van der Waals surface area contributed by atoms with Crippen molar-refractivity contribution in [2.24, 2.45) is 5.92 Å². The van der Waals surface area contributed by atoms with E-state index in [1.54, 1.807) is 0 Å². The van der Waals surface area contributed by atoms with E-state index in [0.29, 0.717) is 0 Å². The topological polar surface area (TPSA) is 156 Å². The lowest BCUT2D eigenvalue weighted by Gasteiger charge is -2.39. The van der Waals surface area contributed by atoms with Crippen LogP contribution in [0.4, 0.5) is 0 Å². The zero-order chi connectivity index (χ0) is 13.4. The van der Waals surface area contributed by atoms with E-state index in [1.807, 2.05) is 0 Å². The number of carbonyl (C=O) groups is 1. The summed E-state index contributed by atoms with van der Waals surface area (Å²) < 4.78 is 10.8. The Balaban J connectivity index is 2.89. The number of aliphatic hydroxyl groups is 3. The average Bonchev–Trinajstić information content (AvgIpc) is 2.11. The Bertz CT molecular complexity index is 351. The summed E-state index contributed by atoms with van der Waals surface area (Å²) in [5, 5.41) is 37.4. The molecule has 1 saturated carbocycles. The summed E-state index contributed by atoms with van der Waals surface area (Å²) >= 11 is 0. The van der Waals surface area contributed by atoms with Crippen LogP contribution < -0.4 is 0 Å². The van der Waals surface area contributed by atoms with Crippen molar-refractivity contribution in [3.05, 3.63) is 0 Å². The van der Waals surface area contributed by atoms with Gasteiger partial charge in [-0.3, -0.25) is 4.57 Å². The van der Waals surface area contributed by atoms with Gasteiger partial charge in [0.05, 0.1) is 18.4 Å². The first-order valence-corrected chi connectivity index (χ1v) is 6.71. The molecule has 0 saturated heterocycles. The molecule has 100 valence electrons. The normalized spacial score (nSPS) is 39.0. The molecule has 0 amide bonds. The second-order valence-corrected chi connectivity index (χ2v) is 6.10. The summed E-state index contributed by atoms with van der Waals surface area (Å²) in [5.74, 6) is -2.75. The molecule has 0 heterocycles. The highest BCUT2D eigenvalue weighted by Crippen LogP contribution is 2.43. The molecule has 17 heavy (non-hydrogen) atoms. The second-order valence-electron chi connectivity index (χ2n) is 4.41. The van der Waals surface area contributed by atoms with Gasteiger partial charge in [-0.1, -0.05) is 0 Å². The van der Waals surface area contributed by atoms with E-state index in [9.17, 15) is 24.7 Å². The molecule has 1 aliphatic carbocycles. The summed E-state index contributed by atoms with van der Waals surface area (Å²) in [4.78, 5) is 28.3. The van der Waals surface area contributed by atoms with Crippen LogP contribution in [0.1, 0.15) is 12.8 Å². The number of carboxylic acids is 1. The van der Waals surface area contributed by atoms with Crippen LogP contribution in [0.15, 0.2) is 0 Å². The van der Waals surface area contributed by atoms with Gasteiger partial charge in [0.15, 0.2) is 5.60 Å². The maximum atomic E-state index is 10.8. The van der Waals surface area contributed by atoms with Gasteiger partial charge in [0, 0.05) is 12.3 Å². The Morgan fingerprint density at radius 2 is 1.82 bits per heavy atom. The largest absolute Gasteiger partial charge is 0.479 e. The van der Waals surface area contributed by atoms with Crippen molar-refractivity contribution in [3.63, 3.8) is 0 Å². The molecular weight excluding hydrogens is 255 g/mol. The molecule has 1 aliphatic rings. The molecule has 6 N–H and O–H groups in total. The van der Waals surface area contributed by atoms with Crippen molar-refractivity contribution in [3.8, 4) is 0 Å². The smallest absolute Gasteiger partial charge is 0.335 e. The van der Waals surface area contributed by atoms with E-state index in [1.165, 1.54) is 0 Å². The first kappa shape index (κ1) is 14.6. The standard InChI is InChI=1S/C8H15O8P/c9-5-2-8(13,7(11)12)1-4(6(5)10)3-17(14,15)16/h4-6,9-10,13H,1-3H2,(H,11,12)(H2,14,15,16)/t4-,5-,6-,8-/m0/s1. The number of aliphatic hydroxyl groups excluding tert-OH is 2. The fourth-order valence-electron chi connectivity index (χ4n) is 2.07. The highest BCUT2D eigenvalue weighted by Gasteiger charge is 2.50. The van der Waals surface area contributed by atoms with Gasteiger partial charge in [0.1, 0.15) is 0 Å². The predicted molar refractivity (Wildman–Crippen MR) is 54.2 cm³/mol. The Morgan fingerprint density at radius 1 is 1.29 bits per heavy atom. The fourth-order valence-corrected chi connectivity index (χ4v) is 3.03. The molecule has 0 aromatic rings. The SMILES string of the molecule is O=C(O)[C@]1(O)C[C@@H](CP(=O)(O)O)[C@H](O)[C@@H](O)C1. The zero-order valence-corrected chi connectivity index (χ0v) is 9.69. The van der Waals surface area contributed by atoms with E-state index < -0.39 is 56.3 Å². The molecule has 4 atom stereocenters. The van der Waals surface area contributed by atoms with Crippen molar-refractivity contribution in [2.45, 2.75) is 30.7 Å². The van der Waals surface area contributed by atoms with E-state index in [0.717, 1.165) is 0 Å². The van der Waals surface area contributed by atoms with Crippen LogP contribution in [0.25, 0.3) is 0 Å². The minimum atomic E-state index is -4.46. The molecule has 0 aromatic carbocycles. The van der Waals surface area contributed by atoms with Crippen molar-refractivity contribution in [1.82, 2.24) is 0 Å². The molecule has 0 bridgehead atoms. The first-order valence-electron chi connectivity index (χ1n) is 4.92. The Morgan fingerprint density at radius 3 is 2.24 bits per heavy atom. The van der Waals surface area contributed by atoms with Crippen LogP contribution in [0, 0.1) is 5.92 Å². The third-order valence-corrected chi connectivity index (χ3v) is 3.84. The van der Waals surface area contributed by atoms with Crippen LogP contribution >= 0.6 is 7.60 Å². The number of aliphatic carboxylic acids is 1. The molecule has 9 heteroatoms. The van der Waals surface area contributed by atoms with Gasteiger partial charge in [-0.25, -0.2) is 4.79 Å². The average molecular weight is 270 g/mol. The summed E-state index contributed by atoms with van der Waals surface area (Å²) in [6.45, 7) is 0. The van der Waals surface area contributed by atoms with Crippen LogP contribution in [0.3, 0.4) is 0 Å². The van der Waals surface area contributed by atoms with Crippen molar-refractivity contribution in [2.75, 3.05) is 6.16 Å². The molecule has 0 spiro atoms. The molecule has 0 radical (unpaired) electrons. The van der Waals surface area contributed by atoms with Crippen LogP contribution in [0.5, 0.6) is 0 Å². The highest BCUT2D eigenvalue weighted by molar-refractivity contribution is 7.51. The molecule has 1 rings (SSSR count). The van der Waals surface area contributed by atoms with Crippen molar-refractivity contribution in [1.29, 1.82) is 0 Å². The molecule has 1 fully saturated rings. The monoisotopic (exact) mass is 270 g/mol. The minimum Gasteiger partial charge on any atom is -0.479 e. The predicted octanol–water partition coefficient (Wildman–Crippen LogP) is -1.89. The Hall–Kier alpha value is -0.500. The second kappa shape index (κ2) is 4.64. The van der Waals surface area contributed by atoms with Gasteiger partial charge >= 0.3 is 13.6 Å². The van der Waals surface area contributed by atoms with Crippen LogP contribution in [0.2, 0.25) is 0 Å². The zero-order valence-electron chi connectivity index (χ0n) is 8.80. The third kappa shape index (κ3) is 3.48. The maximum absolute atomic E-state index is 10.8. The highest BCUT2D eigenvalue weighted by atomic mass is 31.2. The van der Waals surface area contributed by atoms with Gasteiger partial charge in [-0.05, 0) is 6.42 Å². The van der Waals surface area contributed by atoms with E-state index in [2.05, 4.69) is 0 Å². The van der Waals surface area contributed by atoms with Gasteiger partial charge in [0.25, 0.3) is 0 Å². The fraction of sp³-hybridized carbons (Fsp3) is 0.875. The molecule has 8 nitrogen and oxygen atoms in total. The number of carboxylic acid groups (broad SMARTS) is 1. The number of hydrogen-bond acceptors (Lipinski definition) is 5.